The third kappa shape index (κ3) is 7.26. The number of carbonyl (C=O) groups is 2. The smallest absolute Gasteiger partial charge is 0.387 e. The number of carbonyl (C=O) groups excluding carboxylic acids is 2. The van der Waals surface area contributed by atoms with Gasteiger partial charge < -0.3 is 20.3 Å². The molecule has 0 aromatic heterocycles. The number of para-hydroxylation sites is 2. The van der Waals surface area contributed by atoms with E-state index in [1.54, 1.807) is 12.1 Å². The van der Waals surface area contributed by atoms with E-state index in [-0.39, 0.29) is 41.9 Å². The monoisotopic (exact) mass is 343 g/mol. The normalized spacial score (nSPS) is 11.1. The van der Waals surface area contributed by atoms with E-state index in [1.165, 1.54) is 24.1 Å². The molecule has 2 amide bonds. The molecule has 2 N–H and O–H groups in total. The Hall–Kier alpha value is -2.38. The van der Waals surface area contributed by atoms with Gasteiger partial charge in [0.05, 0.1) is 18.8 Å². The first kappa shape index (κ1) is 19.7. The molecule has 1 aromatic rings. The van der Waals surface area contributed by atoms with Crippen LogP contribution in [0.15, 0.2) is 24.3 Å². The number of halogens is 2. The van der Waals surface area contributed by atoms with E-state index in [4.69, 9.17) is 0 Å². The summed E-state index contributed by atoms with van der Waals surface area (Å²) in [6.07, 6.45) is 0. The van der Waals surface area contributed by atoms with E-state index >= 15 is 0 Å². The van der Waals surface area contributed by atoms with E-state index < -0.39 is 6.61 Å². The van der Waals surface area contributed by atoms with Crippen molar-refractivity contribution in [3.05, 3.63) is 24.3 Å². The minimum Gasteiger partial charge on any atom is -0.433 e. The third-order valence-corrected chi connectivity index (χ3v) is 2.85. The Morgan fingerprint density at radius 2 is 1.88 bits per heavy atom. The summed E-state index contributed by atoms with van der Waals surface area (Å²) in [5.41, 5.74) is -0.108. The van der Waals surface area contributed by atoms with Gasteiger partial charge in [-0.05, 0) is 32.9 Å². The van der Waals surface area contributed by atoms with E-state index in [1.807, 2.05) is 20.8 Å². The maximum absolute atomic E-state index is 12.3. The maximum Gasteiger partial charge on any atom is 0.387 e. The summed E-state index contributed by atoms with van der Waals surface area (Å²) in [4.78, 5) is 25.1. The summed E-state index contributed by atoms with van der Waals surface area (Å²) in [5, 5.41) is 5.49. The highest BCUT2D eigenvalue weighted by Crippen LogP contribution is 2.25. The summed E-state index contributed by atoms with van der Waals surface area (Å²) in [6.45, 7) is 2.33. The highest BCUT2D eigenvalue weighted by molar-refractivity contribution is 5.87. The molecule has 0 radical (unpaired) electrons. The predicted molar refractivity (Wildman–Crippen MR) is 87.1 cm³/mol. The summed E-state index contributed by atoms with van der Waals surface area (Å²) in [7, 11) is 1.49. The molecule has 0 aliphatic carbocycles. The first-order chi connectivity index (χ1) is 11.1. The molecule has 1 rings (SSSR count). The molecule has 0 atom stereocenters. The van der Waals surface area contributed by atoms with Crippen molar-refractivity contribution in [2.75, 3.05) is 25.5 Å². The van der Waals surface area contributed by atoms with Crippen LogP contribution in [0.5, 0.6) is 5.75 Å². The van der Waals surface area contributed by atoms with E-state index in [0.29, 0.717) is 0 Å². The average molecular weight is 343 g/mol. The van der Waals surface area contributed by atoms with Crippen LogP contribution in [0.25, 0.3) is 0 Å². The lowest BCUT2D eigenvalue weighted by molar-refractivity contribution is -0.133. The molecular weight excluding hydrogens is 320 g/mol. The van der Waals surface area contributed by atoms with Crippen LogP contribution in [0.1, 0.15) is 20.8 Å². The topological polar surface area (TPSA) is 70.7 Å². The van der Waals surface area contributed by atoms with E-state index in [0.717, 1.165) is 0 Å². The third-order valence-electron chi connectivity index (χ3n) is 2.85. The average Bonchev–Trinajstić information content (AvgIpc) is 2.43. The van der Waals surface area contributed by atoms with Gasteiger partial charge in [0.25, 0.3) is 0 Å². The van der Waals surface area contributed by atoms with Gasteiger partial charge in [-0.2, -0.15) is 8.78 Å². The predicted octanol–water partition coefficient (Wildman–Crippen LogP) is 2.07. The number of ether oxygens (including phenoxy) is 1. The van der Waals surface area contributed by atoms with Crippen LogP contribution in [-0.2, 0) is 9.59 Å². The zero-order chi connectivity index (χ0) is 18.3. The number of alkyl halides is 2. The fourth-order valence-corrected chi connectivity index (χ4v) is 1.88. The van der Waals surface area contributed by atoms with Crippen molar-refractivity contribution in [2.45, 2.75) is 32.9 Å². The highest BCUT2D eigenvalue weighted by atomic mass is 19.3. The van der Waals surface area contributed by atoms with E-state index in [9.17, 15) is 18.4 Å². The second-order valence-electron chi connectivity index (χ2n) is 6.28. The van der Waals surface area contributed by atoms with Gasteiger partial charge in [0.15, 0.2) is 0 Å². The van der Waals surface area contributed by atoms with Gasteiger partial charge in [0, 0.05) is 12.6 Å². The molecule has 0 unspecified atom stereocenters. The minimum absolute atomic E-state index is 0.0478. The van der Waals surface area contributed by atoms with Crippen LogP contribution in [0.2, 0.25) is 0 Å². The number of amides is 2. The minimum atomic E-state index is -2.95. The Labute approximate surface area is 140 Å². The fourth-order valence-electron chi connectivity index (χ4n) is 1.88. The van der Waals surface area contributed by atoms with Crippen molar-refractivity contribution in [3.63, 3.8) is 0 Å². The van der Waals surface area contributed by atoms with Gasteiger partial charge in [-0.25, -0.2) is 0 Å². The second kappa shape index (κ2) is 8.47. The highest BCUT2D eigenvalue weighted by Gasteiger charge is 2.18. The van der Waals surface area contributed by atoms with Crippen molar-refractivity contribution in [3.8, 4) is 5.75 Å². The Kier molecular flexibility index (Phi) is 6.94. The van der Waals surface area contributed by atoms with Gasteiger partial charge in [-0.1, -0.05) is 12.1 Å². The first-order valence-electron chi connectivity index (χ1n) is 7.41. The maximum atomic E-state index is 12.3. The van der Waals surface area contributed by atoms with Crippen LogP contribution in [0.4, 0.5) is 14.5 Å². The SMILES string of the molecule is CN(CC(=O)NC(C)(C)C)C(=O)CNc1ccccc1OC(F)F. The zero-order valence-electron chi connectivity index (χ0n) is 14.2. The summed E-state index contributed by atoms with van der Waals surface area (Å²) >= 11 is 0. The fraction of sp³-hybridized carbons (Fsp3) is 0.500. The van der Waals surface area contributed by atoms with Crippen LogP contribution in [0.3, 0.4) is 0 Å². The molecule has 1 aromatic carbocycles. The first-order valence-corrected chi connectivity index (χ1v) is 7.41. The number of benzene rings is 1. The van der Waals surface area contributed by atoms with Crippen molar-refractivity contribution >= 4 is 17.5 Å². The van der Waals surface area contributed by atoms with Crippen molar-refractivity contribution < 1.29 is 23.1 Å². The molecule has 24 heavy (non-hydrogen) atoms. The van der Waals surface area contributed by atoms with Crippen molar-refractivity contribution in [2.24, 2.45) is 0 Å². The van der Waals surface area contributed by atoms with E-state index in [2.05, 4.69) is 15.4 Å². The number of hydrogen-bond donors (Lipinski definition) is 2. The Morgan fingerprint density at radius 3 is 2.46 bits per heavy atom. The molecule has 6 nitrogen and oxygen atoms in total. The molecule has 0 aliphatic rings. The van der Waals surface area contributed by atoms with Crippen molar-refractivity contribution in [1.29, 1.82) is 0 Å². The molecule has 0 aliphatic heterocycles. The number of anilines is 1. The molecule has 0 heterocycles. The molecule has 0 spiro atoms. The standard InChI is InChI=1S/C16H23F2N3O3/c1-16(2,3)20-13(22)10-21(4)14(23)9-19-11-7-5-6-8-12(11)24-15(17)18/h5-8,15,19H,9-10H2,1-4H3,(H,20,22). The Morgan fingerprint density at radius 1 is 1.25 bits per heavy atom. The molecule has 0 saturated heterocycles. The van der Waals surface area contributed by atoms with Gasteiger partial charge in [0.1, 0.15) is 5.75 Å². The van der Waals surface area contributed by atoms with Crippen LogP contribution in [-0.4, -0.2) is 49.0 Å². The summed E-state index contributed by atoms with van der Waals surface area (Å²) in [5.74, 6) is -0.681. The number of rotatable bonds is 7. The quantitative estimate of drug-likeness (QED) is 0.795. The molecule has 134 valence electrons. The Bertz CT molecular complexity index is 574. The lowest BCUT2D eigenvalue weighted by Gasteiger charge is -2.23. The van der Waals surface area contributed by atoms with Gasteiger partial charge >= 0.3 is 6.61 Å². The van der Waals surface area contributed by atoms with Crippen LogP contribution < -0.4 is 15.4 Å². The lowest BCUT2D eigenvalue weighted by Crippen LogP contribution is -2.47. The molecule has 0 bridgehead atoms. The van der Waals surface area contributed by atoms with Crippen molar-refractivity contribution in [1.82, 2.24) is 10.2 Å². The molecule has 0 saturated carbocycles. The number of nitrogens with zero attached hydrogens (tertiary/aromatic N) is 1. The van der Waals surface area contributed by atoms with Crippen LogP contribution >= 0.6 is 0 Å². The second-order valence-corrected chi connectivity index (χ2v) is 6.28. The Balaban J connectivity index is 2.55. The van der Waals surface area contributed by atoms with Gasteiger partial charge in [-0.3, -0.25) is 9.59 Å². The molecular formula is C16H23F2N3O3. The summed E-state index contributed by atoms with van der Waals surface area (Å²) in [6, 6.07) is 6.08. The summed E-state index contributed by atoms with van der Waals surface area (Å²) < 4.78 is 29.0. The molecule has 0 fully saturated rings. The number of likely N-dealkylation sites (N-methyl/N-ethyl adjacent to an activating group) is 1. The lowest BCUT2D eigenvalue weighted by atomic mass is 10.1. The largest absolute Gasteiger partial charge is 0.433 e. The zero-order valence-corrected chi connectivity index (χ0v) is 14.2. The molecule has 8 heteroatoms. The number of nitrogens with one attached hydrogen (secondary N) is 2. The van der Waals surface area contributed by atoms with Gasteiger partial charge in [-0.15, -0.1) is 0 Å². The number of hydrogen-bond acceptors (Lipinski definition) is 4. The van der Waals surface area contributed by atoms with Gasteiger partial charge in [0.2, 0.25) is 11.8 Å². The van der Waals surface area contributed by atoms with Crippen LogP contribution in [0, 0.1) is 0 Å².